The van der Waals surface area contributed by atoms with Gasteiger partial charge in [0.1, 0.15) is 0 Å². The van der Waals surface area contributed by atoms with E-state index < -0.39 is 5.97 Å². The molecule has 1 aromatic carbocycles. The van der Waals surface area contributed by atoms with Crippen LogP contribution in [-0.2, 0) is 4.74 Å². The zero-order valence-corrected chi connectivity index (χ0v) is 14.6. The number of allylic oxidation sites excluding steroid dienone is 4. The van der Waals surface area contributed by atoms with Crippen LogP contribution in [0, 0.1) is 5.41 Å². The molecule has 0 bridgehead atoms. The fraction of sp³-hybridized carbons (Fsp3) is 0.368. The molecular weight excluding hydrogens is 304 g/mol. The van der Waals surface area contributed by atoms with Crippen molar-refractivity contribution in [1.82, 2.24) is 5.32 Å². The number of rotatable bonds is 3. The van der Waals surface area contributed by atoms with Gasteiger partial charge in [0.05, 0.1) is 12.7 Å². The molecule has 2 amide bonds. The molecule has 0 radical (unpaired) electrons. The Morgan fingerprint density at radius 1 is 1.08 bits per heavy atom. The summed E-state index contributed by atoms with van der Waals surface area (Å²) >= 11 is 0. The smallest absolute Gasteiger partial charge is 0.337 e. The second kappa shape index (κ2) is 7.34. The van der Waals surface area contributed by atoms with Crippen molar-refractivity contribution in [3.05, 3.63) is 53.3 Å². The number of amides is 2. The van der Waals surface area contributed by atoms with Crippen molar-refractivity contribution in [2.24, 2.45) is 5.41 Å². The molecule has 0 aliphatic heterocycles. The highest BCUT2D eigenvalue weighted by molar-refractivity contribution is 5.94. The Hall–Kier alpha value is -2.56. The normalized spacial score (nSPS) is 14.3. The number of anilines is 1. The van der Waals surface area contributed by atoms with E-state index in [0.717, 1.165) is 18.5 Å². The number of carbonyl (C=O) groups excluding carboxylic acids is 2. The summed E-state index contributed by atoms with van der Waals surface area (Å²) in [5.41, 5.74) is 3.34. The first-order valence-corrected chi connectivity index (χ1v) is 7.96. The first-order chi connectivity index (χ1) is 11.3. The third kappa shape index (κ3) is 4.72. The van der Waals surface area contributed by atoms with Crippen molar-refractivity contribution >= 4 is 17.7 Å². The quantitative estimate of drug-likeness (QED) is 0.815. The molecule has 5 nitrogen and oxygen atoms in total. The number of benzene rings is 1. The number of ether oxygens (including phenoxy) is 1. The van der Waals surface area contributed by atoms with E-state index in [1.807, 2.05) is 6.08 Å². The van der Waals surface area contributed by atoms with Crippen LogP contribution in [0.15, 0.2) is 47.7 Å². The van der Waals surface area contributed by atoms with Crippen LogP contribution in [0.25, 0.3) is 0 Å². The van der Waals surface area contributed by atoms with Gasteiger partial charge in [-0.15, -0.1) is 0 Å². The van der Waals surface area contributed by atoms with Crippen LogP contribution in [0.3, 0.4) is 0 Å². The number of methoxy groups -OCH3 is 1. The highest BCUT2D eigenvalue weighted by Gasteiger charge is 2.19. The van der Waals surface area contributed by atoms with Crippen LogP contribution in [0.5, 0.6) is 0 Å². The predicted octanol–water partition coefficient (Wildman–Crippen LogP) is 4.24. The first-order valence-electron chi connectivity index (χ1n) is 7.96. The molecule has 0 aromatic heterocycles. The summed E-state index contributed by atoms with van der Waals surface area (Å²) in [4.78, 5) is 23.6. The van der Waals surface area contributed by atoms with E-state index in [2.05, 4.69) is 42.2 Å². The van der Waals surface area contributed by atoms with Crippen molar-refractivity contribution in [3.63, 3.8) is 0 Å². The second-order valence-electron chi connectivity index (χ2n) is 6.79. The van der Waals surface area contributed by atoms with E-state index in [4.69, 9.17) is 0 Å². The molecule has 0 saturated heterocycles. The van der Waals surface area contributed by atoms with Crippen LogP contribution >= 0.6 is 0 Å². The Morgan fingerprint density at radius 3 is 2.42 bits per heavy atom. The number of nitrogens with one attached hydrogen (secondary N) is 2. The van der Waals surface area contributed by atoms with E-state index >= 15 is 0 Å². The molecule has 2 N–H and O–H groups in total. The van der Waals surface area contributed by atoms with Crippen molar-refractivity contribution in [3.8, 4) is 0 Å². The van der Waals surface area contributed by atoms with Crippen molar-refractivity contribution in [1.29, 1.82) is 0 Å². The lowest BCUT2D eigenvalue weighted by Crippen LogP contribution is -2.29. The summed E-state index contributed by atoms with van der Waals surface area (Å²) < 4.78 is 4.67. The molecule has 0 fully saturated rings. The number of esters is 1. The molecule has 1 aliphatic rings. The molecule has 24 heavy (non-hydrogen) atoms. The maximum atomic E-state index is 12.1. The molecular formula is C19H24N2O3. The zero-order valence-electron chi connectivity index (χ0n) is 14.6. The van der Waals surface area contributed by atoms with Crippen molar-refractivity contribution in [2.45, 2.75) is 33.6 Å². The molecule has 0 spiro atoms. The zero-order chi connectivity index (χ0) is 17.7. The van der Waals surface area contributed by atoms with Crippen LogP contribution in [-0.4, -0.2) is 19.1 Å². The van der Waals surface area contributed by atoms with Crippen LogP contribution in [0.4, 0.5) is 10.5 Å². The van der Waals surface area contributed by atoms with Gasteiger partial charge in [-0.2, -0.15) is 0 Å². The monoisotopic (exact) mass is 328 g/mol. The lowest BCUT2D eigenvalue weighted by molar-refractivity contribution is 0.0600. The van der Waals surface area contributed by atoms with E-state index in [1.165, 1.54) is 12.7 Å². The summed E-state index contributed by atoms with van der Waals surface area (Å²) in [5, 5.41) is 5.58. The van der Waals surface area contributed by atoms with Gasteiger partial charge >= 0.3 is 12.0 Å². The average Bonchev–Trinajstić information content (AvgIpc) is 2.54. The number of urea groups is 1. The Kier molecular flexibility index (Phi) is 5.44. The number of hydrogen-bond acceptors (Lipinski definition) is 3. The highest BCUT2D eigenvalue weighted by Crippen LogP contribution is 2.32. The minimum atomic E-state index is -0.436. The third-order valence-corrected chi connectivity index (χ3v) is 3.93. The summed E-state index contributed by atoms with van der Waals surface area (Å²) in [7, 11) is 1.32. The number of carbonyl (C=O) groups is 2. The standard InChI is InChI=1S/C19H24N2O3/c1-19(2,3)14-8-10-15(11-9-14)20-18(23)21-16-7-5-6-13(12-16)17(22)24-4/h5-8,10,12H,9,11H2,1-4H3,(H2,20,21,23). The van der Waals surface area contributed by atoms with Gasteiger partial charge in [-0.05, 0) is 42.5 Å². The van der Waals surface area contributed by atoms with Gasteiger partial charge in [-0.3, -0.25) is 0 Å². The molecule has 0 heterocycles. The number of hydrogen-bond donors (Lipinski definition) is 2. The van der Waals surface area contributed by atoms with E-state index in [1.54, 1.807) is 24.3 Å². The van der Waals surface area contributed by atoms with Crippen LogP contribution in [0.2, 0.25) is 0 Å². The Morgan fingerprint density at radius 2 is 1.83 bits per heavy atom. The molecule has 5 heteroatoms. The summed E-state index contributed by atoms with van der Waals surface area (Å²) in [6.07, 6.45) is 5.78. The molecule has 0 atom stereocenters. The highest BCUT2D eigenvalue weighted by atomic mass is 16.5. The van der Waals surface area contributed by atoms with Gasteiger partial charge in [-0.1, -0.05) is 38.5 Å². The van der Waals surface area contributed by atoms with E-state index in [-0.39, 0.29) is 11.4 Å². The molecule has 128 valence electrons. The largest absolute Gasteiger partial charge is 0.465 e. The first kappa shape index (κ1) is 17.8. The fourth-order valence-corrected chi connectivity index (χ4v) is 2.52. The SMILES string of the molecule is COC(=O)c1cccc(NC(=O)NC2=CC=C(C(C)(C)C)CC2)c1. The van der Waals surface area contributed by atoms with Gasteiger partial charge < -0.3 is 15.4 Å². The average molecular weight is 328 g/mol. The minimum absolute atomic E-state index is 0.151. The van der Waals surface area contributed by atoms with E-state index in [0.29, 0.717) is 11.3 Å². The third-order valence-electron chi connectivity index (χ3n) is 3.93. The van der Waals surface area contributed by atoms with Crippen LogP contribution in [0.1, 0.15) is 44.0 Å². The van der Waals surface area contributed by atoms with Gasteiger partial charge in [0.25, 0.3) is 0 Å². The topological polar surface area (TPSA) is 67.4 Å². The Balaban J connectivity index is 1.98. The van der Waals surface area contributed by atoms with Crippen LogP contribution < -0.4 is 10.6 Å². The Bertz CT molecular complexity index is 697. The van der Waals surface area contributed by atoms with Gasteiger partial charge in [-0.25, -0.2) is 9.59 Å². The van der Waals surface area contributed by atoms with Gasteiger partial charge in [0.15, 0.2) is 0 Å². The fourth-order valence-electron chi connectivity index (χ4n) is 2.52. The second-order valence-corrected chi connectivity index (χ2v) is 6.79. The lowest BCUT2D eigenvalue weighted by atomic mass is 9.81. The Labute approximate surface area is 142 Å². The van der Waals surface area contributed by atoms with Gasteiger partial charge in [0.2, 0.25) is 0 Å². The molecule has 0 saturated carbocycles. The minimum Gasteiger partial charge on any atom is -0.465 e. The lowest BCUT2D eigenvalue weighted by Gasteiger charge is -2.26. The summed E-state index contributed by atoms with van der Waals surface area (Å²) in [6, 6.07) is 6.31. The predicted molar refractivity (Wildman–Crippen MR) is 94.8 cm³/mol. The summed E-state index contributed by atoms with van der Waals surface area (Å²) in [5.74, 6) is -0.436. The van der Waals surface area contributed by atoms with Gasteiger partial charge in [0, 0.05) is 11.4 Å². The maximum Gasteiger partial charge on any atom is 0.337 e. The molecule has 1 aromatic rings. The maximum absolute atomic E-state index is 12.1. The molecule has 0 unspecified atom stereocenters. The summed E-state index contributed by atoms with van der Waals surface area (Å²) in [6.45, 7) is 6.56. The van der Waals surface area contributed by atoms with Crippen molar-refractivity contribution in [2.75, 3.05) is 12.4 Å². The van der Waals surface area contributed by atoms with E-state index in [9.17, 15) is 9.59 Å². The molecule has 2 rings (SSSR count). The molecule has 1 aliphatic carbocycles. The van der Waals surface area contributed by atoms with Crippen molar-refractivity contribution < 1.29 is 14.3 Å².